The summed E-state index contributed by atoms with van der Waals surface area (Å²) in [7, 11) is 0. The number of fused-ring (bicyclic) bond motifs is 3. The van der Waals surface area contributed by atoms with Crippen LogP contribution >= 0.6 is 11.3 Å². The van der Waals surface area contributed by atoms with Gasteiger partial charge in [0.25, 0.3) is 0 Å². The highest BCUT2D eigenvalue weighted by atomic mass is 32.1. The summed E-state index contributed by atoms with van der Waals surface area (Å²) in [5.74, 6) is -0.240. The van der Waals surface area contributed by atoms with Crippen molar-refractivity contribution in [2.75, 3.05) is 4.90 Å². The third-order valence-electron chi connectivity index (χ3n) is 4.70. The zero-order valence-electron chi connectivity index (χ0n) is 14.5. The molecule has 0 radical (unpaired) electrons. The molecule has 0 saturated heterocycles. The maximum Gasteiger partial charge on any atom is 0.125 e. The number of hydrogen-bond acceptors (Lipinski definition) is 2. The number of para-hydroxylation sites is 1. The Balaban J connectivity index is 1.75. The zero-order valence-corrected chi connectivity index (χ0v) is 15.3. The third kappa shape index (κ3) is 2.86. The monoisotopic (exact) mass is 369 g/mol. The highest BCUT2D eigenvalue weighted by Gasteiger charge is 2.14. The van der Waals surface area contributed by atoms with Gasteiger partial charge < -0.3 is 4.90 Å². The van der Waals surface area contributed by atoms with Crippen LogP contribution in [0.25, 0.3) is 20.2 Å². The summed E-state index contributed by atoms with van der Waals surface area (Å²) in [6, 6.07) is 31.7. The Kier molecular flexibility index (Phi) is 3.88. The molecule has 0 saturated carbocycles. The Labute approximate surface area is 160 Å². The molecule has 0 aliphatic rings. The number of thiophene rings is 1. The number of halogens is 1. The van der Waals surface area contributed by atoms with Crippen molar-refractivity contribution < 1.29 is 4.39 Å². The molecule has 0 unspecified atom stereocenters. The third-order valence-corrected chi connectivity index (χ3v) is 5.85. The molecule has 0 aliphatic heterocycles. The molecule has 0 spiro atoms. The van der Waals surface area contributed by atoms with Gasteiger partial charge in [-0.25, -0.2) is 4.39 Å². The Bertz CT molecular complexity index is 1240. The van der Waals surface area contributed by atoms with Crippen LogP contribution in [-0.4, -0.2) is 0 Å². The Morgan fingerprint density at radius 2 is 1.26 bits per heavy atom. The SMILES string of the molecule is Fc1cccc(N(c2ccccc2)c2ccc3sc4ccccc4c3c2)c1. The summed E-state index contributed by atoms with van der Waals surface area (Å²) in [4.78, 5) is 2.09. The Hall–Kier alpha value is -3.17. The van der Waals surface area contributed by atoms with E-state index in [0.717, 1.165) is 17.1 Å². The second-order valence-electron chi connectivity index (χ2n) is 6.43. The second kappa shape index (κ2) is 6.53. The van der Waals surface area contributed by atoms with Crippen molar-refractivity contribution in [2.24, 2.45) is 0 Å². The van der Waals surface area contributed by atoms with Crippen molar-refractivity contribution >= 4 is 48.6 Å². The highest BCUT2D eigenvalue weighted by Crippen LogP contribution is 2.40. The molecule has 1 nitrogen and oxygen atoms in total. The summed E-state index contributed by atoms with van der Waals surface area (Å²) >= 11 is 1.80. The zero-order chi connectivity index (χ0) is 18.2. The highest BCUT2D eigenvalue weighted by molar-refractivity contribution is 7.25. The van der Waals surface area contributed by atoms with Crippen LogP contribution in [0.3, 0.4) is 0 Å². The van der Waals surface area contributed by atoms with Gasteiger partial charge in [-0.1, -0.05) is 42.5 Å². The van der Waals surface area contributed by atoms with E-state index >= 15 is 0 Å². The predicted octanol–water partition coefficient (Wildman–Crippen LogP) is 7.66. The topological polar surface area (TPSA) is 3.24 Å². The molecular weight excluding hydrogens is 353 g/mol. The molecule has 27 heavy (non-hydrogen) atoms. The van der Waals surface area contributed by atoms with Gasteiger partial charge in [0, 0.05) is 37.2 Å². The van der Waals surface area contributed by atoms with Crippen LogP contribution in [0.2, 0.25) is 0 Å². The molecule has 4 aromatic carbocycles. The van der Waals surface area contributed by atoms with E-state index in [-0.39, 0.29) is 5.82 Å². The standard InChI is InChI=1S/C24H16FNS/c25-17-7-6-10-19(15-17)26(18-8-2-1-3-9-18)20-13-14-24-22(16-20)21-11-4-5-12-23(21)27-24/h1-16H. The van der Waals surface area contributed by atoms with Crippen LogP contribution in [0.4, 0.5) is 21.5 Å². The maximum absolute atomic E-state index is 13.9. The number of anilines is 3. The van der Waals surface area contributed by atoms with Gasteiger partial charge in [-0.2, -0.15) is 0 Å². The van der Waals surface area contributed by atoms with Crippen molar-refractivity contribution in [1.82, 2.24) is 0 Å². The first kappa shape index (κ1) is 16.0. The van der Waals surface area contributed by atoms with Crippen LogP contribution in [0.1, 0.15) is 0 Å². The Morgan fingerprint density at radius 3 is 2.11 bits per heavy atom. The summed E-state index contributed by atoms with van der Waals surface area (Å²) in [5, 5.41) is 2.48. The largest absolute Gasteiger partial charge is 0.310 e. The van der Waals surface area contributed by atoms with Gasteiger partial charge in [0.1, 0.15) is 5.82 Å². The molecule has 0 atom stereocenters. The number of hydrogen-bond donors (Lipinski definition) is 0. The average molecular weight is 369 g/mol. The lowest BCUT2D eigenvalue weighted by Crippen LogP contribution is -2.09. The normalized spacial score (nSPS) is 11.1. The van der Waals surface area contributed by atoms with E-state index in [1.807, 2.05) is 36.4 Å². The first-order valence-corrected chi connectivity index (χ1v) is 9.63. The van der Waals surface area contributed by atoms with E-state index in [4.69, 9.17) is 0 Å². The van der Waals surface area contributed by atoms with Gasteiger partial charge >= 0.3 is 0 Å². The molecule has 0 bridgehead atoms. The molecule has 1 aromatic heterocycles. The lowest BCUT2D eigenvalue weighted by Gasteiger charge is -2.25. The van der Waals surface area contributed by atoms with Gasteiger partial charge in [-0.05, 0) is 54.6 Å². The molecule has 5 rings (SSSR count). The van der Waals surface area contributed by atoms with Crippen LogP contribution in [0.5, 0.6) is 0 Å². The van der Waals surface area contributed by atoms with Gasteiger partial charge in [-0.3, -0.25) is 0 Å². The van der Waals surface area contributed by atoms with Crippen molar-refractivity contribution in [2.45, 2.75) is 0 Å². The van der Waals surface area contributed by atoms with Crippen LogP contribution in [-0.2, 0) is 0 Å². The number of nitrogens with zero attached hydrogens (tertiary/aromatic N) is 1. The Morgan fingerprint density at radius 1 is 0.556 bits per heavy atom. The average Bonchev–Trinajstić information content (AvgIpc) is 3.07. The molecule has 5 aromatic rings. The molecule has 0 amide bonds. The molecule has 0 N–H and O–H groups in total. The van der Waals surface area contributed by atoms with Crippen LogP contribution < -0.4 is 4.90 Å². The summed E-state index contributed by atoms with van der Waals surface area (Å²) in [6.07, 6.45) is 0. The fourth-order valence-electron chi connectivity index (χ4n) is 3.49. The molecule has 0 aliphatic carbocycles. The lowest BCUT2D eigenvalue weighted by molar-refractivity contribution is 0.628. The minimum Gasteiger partial charge on any atom is -0.310 e. The molecule has 3 heteroatoms. The summed E-state index contributed by atoms with van der Waals surface area (Å²) in [5.41, 5.74) is 2.82. The van der Waals surface area contributed by atoms with Crippen LogP contribution in [0.15, 0.2) is 97.1 Å². The van der Waals surface area contributed by atoms with E-state index in [0.29, 0.717) is 0 Å². The minimum atomic E-state index is -0.240. The number of benzene rings is 4. The second-order valence-corrected chi connectivity index (χ2v) is 7.51. The van der Waals surface area contributed by atoms with Gasteiger partial charge in [0.2, 0.25) is 0 Å². The molecular formula is C24H16FNS. The van der Waals surface area contributed by atoms with Crippen molar-refractivity contribution in [1.29, 1.82) is 0 Å². The number of rotatable bonds is 3. The van der Waals surface area contributed by atoms with E-state index in [2.05, 4.69) is 47.4 Å². The van der Waals surface area contributed by atoms with E-state index in [1.54, 1.807) is 23.5 Å². The summed E-state index contributed by atoms with van der Waals surface area (Å²) < 4.78 is 16.5. The minimum absolute atomic E-state index is 0.240. The maximum atomic E-state index is 13.9. The van der Waals surface area contributed by atoms with E-state index in [9.17, 15) is 4.39 Å². The molecule has 1 heterocycles. The van der Waals surface area contributed by atoms with Crippen molar-refractivity contribution in [3.8, 4) is 0 Å². The van der Waals surface area contributed by atoms with E-state index in [1.165, 1.54) is 26.2 Å². The fourth-order valence-corrected chi connectivity index (χ4v) is 4.58. The summed E-state index contributed by atoms with van der Waals surface area (Å²) in [6.45, 7) is 0. The fraction of sp³-hybridized carbons (Fsp3) is 0. The van der Waals surface area contributed by atoms with Crippen LogP contribution in [0, 0.1) is 5.82 Å². The van der Waals surface area contributed by atoms with Gasteiger partial charge in [0.05, 0.1) is 0 Å². The van der Waals surface area contributed by atoms with Crippen molar-refractivity contribution in [3.05, 3.63) is 103 Å². The smallest absolute Gasteiger partial charge is 0.125 e. The van der Waals surface area contributed by atoms with Gasteiger partial charge in [0.15, 0.2) is 0 Å². The lowest BCUT2D eigenvalue weighted by atomic mass is 10.1. The quantitative estimate of drug-likeness (QED) is 0.315. The first-order valence-electron chi connectivity index (χ1n) is 8.82. The molecule has 0 fully saturated rings. The van der Waals surface area contributed by atoms with E-state index < -0.39 is 0 Å². The van der Waals surface area contributed by atoms with Crippen molar-refractivity contribution in [3.63, 3.8) is 0 Å². The predicted molar refractivity (Wildman–Crippen MR) is 114 cm³/mol. The van der Waals surface area contributed by atoms with Gasteiger partial charge in [-0.15, -0.1) is 11.3 Å². The molecule has 130 valence electrons. The first-order chi connectivity index (χ1) is 13.3.